The monoisotopic (exact) mass is 349 g/mol. The number of H-pyrrole nitrogens is 1. The first-order valence-corrected chi connectivity index (χ1v) is 8.96. The lowest BCUT2D eigenvalue weighted by Crippen LogP contribution is -2.49. The summed E-state index contributed by atoms with van der Waals surface area (Å²) in [6.45, 7) is 3.18. The lowest BCUT2D eigenvalue weighted by atomic mass is 10.1. The standard InChI is InChI=1S/C21H23N3O2/c1-26-18-6-4-5-17(14-18)23-9-11-24(12-10-23)21(25)13-16-15-22-20-8-3-2-7-19(16)20/h2-8,14-15,22H,9-13H2,1H3. The molecule has 26 heavy (non-hydrogen) atoms. The molecule has 0 aliphatic carbocycles. The van der Waals surface area contributed by atoms with Crippen LogP contribution in [0.3, 0.4) is 0 Å². The van der Waals surface area contributed by atoms with Gasteiger partial charge in [0.25, 0.3) is 0 Å². The third-order valence-corrected chi connectivity index (χ3v) is 5.07. The number of methoxy groups -OCH3 is 1. The molecule has 5 nitrogen and oxygen atoms in total. The highest BCUT2D eigenvalue weighted by atomic mass is 16.5. The van der Waals surface area contributed by atoms with E-state index in [-0.39, 0.29) is 5.91 Å². The smallest absolute Gasteiger partial charge is 0.227 e. The Morgan fingerprint density at radius 2 is 1.88 bits per heavy atom. The van der Waals surface area contributed by atoms with Gasteiger partial charge in [0.05, 0.1) is 13.5 Å². The molecule has 0 bridgehead atoms. The Morgan fingerprint density at radius 1 is 1.08 bits per heavy atom. The molecule has 5 heteroatoms. The van der Waals surface area contributed by atoms with Gasteiger partial charge in [-0.1, -0.05) is 24.3 Å². The van der Waals surface area contributed by atoms with Crippen LogP contribution in [-0.2, 0) is 11.2 Å². The number of para-hydroxylation sites is 1. The van der Waals surface area contributed by atoms with Gasteiger partial charge in [-0.25, -0.2) is 0 Å². The summed E-state index contributed by atoms with van der Waals surface area (Å²) < 4.78 is 5.30. The number of benzene rings is 2. The average molecular weight is 349 g/mol. The minimum Gasteiger partial charge on any atom is -0.497 e. The van der Waals surface area contributed by atoms with Crippen molar-refractivity contribution in [3.8, 4) is 5.75 Å². The van der Waals surface area contributed by atoms with E-state index < -0.39 is 0 Å². The Hall–Kier alpha value is -2.95. The fourth-order valence-electron chi connectivity index (χ4n) is 3.57. The van der Waals surface area contributed by atoms with E-state index in [0.717, 1.165) is 54.1 Å². The van der Waals surface area contributed by atoms with E-state index in [1.54, 1.807) is 7.11 Å². The van der Waals surface area contributed by atoms with Gasteiger partial charge in [-0.2, -0.15) is 0 Å². The predicted octanol–water partition coefficient (Wildman–Crippen LogP) is 3.07. The SMILES string of the molecule is COc1cccc(N2CCN(C(=O)Cc3c[nH]c4ccccc34)CC2)c1. The molecule has 0 atom stereocenters. The van der Waals surface area contributed by atoms with Crippen LogP contribution in [0, 0.1) is 0 Å². The van der Waals surface area contributed by atoms with E-state index in [2.05, 4.69) is 22.0 Å². The minimum atomic E-state index is 0.194. The molecule has 1 saturated heterocycles. The topological polar surface area (TPSA) is 48.6 Å². The van der Waals surface area contributed by atoms with Gasteiger partial charge >= 0.3 is 0 Å². The third-order valence-electron chi connectivity index (χ3n) is 5.07. The molecular formula is C21H23N3O2. The molecule has 0 spiro atoms. The predicted molar refractivity (Wildman–Crippen MR) is 104 cm³/mol. The largest absolute Gasteiger partial charge is 0.497 e. The summed E-state index contributed by atoms with van der Waals surface area (Å²) in [5.74, 6) is 1.06. The summed E-state index contributed by atoms with van der Waals surface area (Å²) in [5, 5.41) is 1.14. The van der Waals surface area contributed by atoms with Gasteiger partial charge in [-0.15, -0.1) is 0 Å². The van der Waals surface area contributed by atoms with Crippen LogP contribution in [0.4, 0.5) is 5.69 Å². The second-order valence-corrected chi connectivity index (χ2v) is 6.61. The van der Waals surface area contributed by atoms with Crippen molar-refractivity contribution < 1.29 is 9.53 Å². The van der Waals surface area contributed by atoms with Gasteiger partial charge in [-0.05, 0) is 23.8 Å². The number of carbonyl (C=O) groups is 1. The van der Waals surface area contributed by atoms with Crippen LogP contribution in [-0.4, -0.2) is 49.1 Å². The fourth-order valence-corrected chi connectivity index (χ4v) is 3.57. The van der Waals surface area contributed by atoms with Crippen molar-refractivity contribution >= 4 is 22.5 Å². The highest BCUT2D eigenvalue weighted by Crippen LogP contribution is 2.23. The van der Waals surface area contributed by atoms with Gasteiger partial charge in [0.2, 0.25) is 5.91 Å². The number of ether oxygens (including phenoxy) is 1. The summed E-state index contributed by atoms with van der Waals surface area (Å²) >= 11 is 0. The maximum absolute atomic E-state index is 12.7. The molecule has 2 heterocycles. The number of fused-ring (bicyclic) bond motifs is 1. The summed E-state index contributed by atoms with van der Waals surface area (Å²) in [5.41, 5.74) is 3.30. The quantitative estimate of drug-likeness (QED) is 0.787. The van der Waals surface area contributed by atoms with Crippen molar-refractivity contribution in [2.75, 3.05) is 38.2 Å². The number of aromatic nitrogens is 1. The lowest BCUT2D eigenvalue weighted by Gasteiger charge is -2.36. The van der Waals surface area contributed by atoms with Crippen LogP contribution in [0.25, 0.3) is 10.9 Å². The second kappa shape index (κ2) is 7.12. The van der Waals surface area contributed by atoms with E-state index in [9.17, 15) is 4.79 Å². The first kappa shape index (κ1) is 16.5. The summed E-state index contributed by atoms with van der Waals surface area (Å²) in [6.07, 6.45) is 2.40. The Kier molecular flexibility index (Phi) is 4.52. The van der Waals surface area contributed by atoms with Crippen LogP contribution in [0.2, 0.25) is 0 Å². The van der Waals surface area contributed by atoms with E-state index in [4.69, 9.17) is 4.74 Å². The van der Waals surface area contributed by atoms with E-state index in [1.165, 1.54) is 0 Å². The van der Waals surface area contributed by atoms with Gasteiger partial charge in [-0.3, -0.25) is 4.79 Å². The van der Waals surface area contributed by atoms with Gasteiger partial charge in [0, 0.05) is 55.0 Å². The zero-order chi connectivity index (χ0) is 17.9. The van der Waals surface area contributed by atoms with Crippen molar-refractivity contribution in [1.29, 1.82) is 0 Å². The maximum Gasteiger partial charge on any atom is 0.227 e. The highest BCUT2D eigenvalue weighted by Gasteiger charge is 2.22. The number of amides is 1. The molecule has 4 rings (SSSR count). The number of piperazine rings is 1. The first-order valence-electron chi connectivity index (χ1n) is 8.96. The number of hydrogen-bond donors (Lipinski definition) is 1. The zero-order valence-corrected chi connectivity index (χ0v) is 14.9. The van der Waals surface area contributed by atoms with Crippen molar-refractivity contribution in [3.05, 3.63) is 60.3 Å². The lowest BCUT2D eigenvalue weighted by molar-refractivity contribution is -0.130. The maximum atomic E-state index is 12.7. The normalized spacial score (nSPS) is 14.7. The summed E-state index contributed by atoms with van der Waals surface area (Å²) in [4.78, 5) is 20.2. The summed E-state index contributed by atoms with van der Waals surface area (Å²) in [7, 11) is 1.68. The number of nitrogens with zero attached hydrogens (tertiary/aromatic N) is 2. The fraction of sp³-hybridized carbons (Fsp3) is 0.286. The Bertz CT molecular complexity index is 910. The average Bonchev–Trinajstić information content (AvgIpc) is 3.11. The van der Waals surface area contributed by atoms with Crippen molar-refractivity contribution in [2.24, 2.45) is 0 Å². The molecule has 2 aromatic carbocycles. The Labute approximate surface area is 153 Å². The number of anilines is 1. The van der Waals surface area contributed by atoms with Crippen LogP contribution < -0.4 is 9.64 Å². The van der Waals surface area contributed by atoms with Crippen LogP contribution in [0.5, 0.6) is 5.75 Å². The first-order chi connectivity index (χ1) is 12.7. The number of rotatable bonds is 4. The molecule has 1 aromatic heterocycles. The van der Waals surface area contributed by atoms with Crippen LogP contribution in [0.1, 0.15) is 5.56 Å². The number of aromatic amines is 1. The molecule has 0 unspecified atom stereocenters. The van der Waals surface area contributed by atoms with Crippen molar-refractivity contribution in [3.63, 3.8) is 0 Å². The molecule has 134 valence electrons. The van der Waals surface area contributed by atoms with Gasteiger partial charge < -0.3 is 19.5 Å². The summed E-state index contributed by atoms with van der Waals surface area (Å²) in [6, 6.07) is 16.2. The molecule has 1 amide bonds. The second-order valence-electron chi connectivity index (χ2n) is 6.61. The molecule has 0 saturated carbocycles. The van der Waals surface area contributed by atoms with Crippen LogP contribution in [0.15, 0.2) is 54.7 Å². The molecule has 1 N–H and O–H groups in total. The Morgan fingerprint density at radius 3 is 2.69 bits per heavy atom. The molecule has 1 fully saturated rings. The molecule has 1 aliphatic heterocycles. The molecule has 1 aliphatic rings. The van der Waals surface area contributed by atoms with Crippen molar-refractivity contribution in [1.82, 2.24) is 9.88 Å². The Balaban J connectivity index is 1.39. The third kappa shape index (κ3) is 3.25. The molecule has 3 aromatic rings. The van der Waals surface area contributed by atoms with Gasteiger partial charge in [0.1, 0.15) is 5.75 Å². The van der Waals surface area contributed by atoms with E-state index >= 15 is 0 Å². The van der Waals surface area contributed by atoms with E-state index in [0.29, 0.717) is 6.42 Å². The minimum absolute atomic E-state index is 0.194. The molecular weight excluding hydrogens is 326 g/mol. The van der Waals surface area contributed by atoms with Gasteiger partial charge in [0.15, 0.2) is 0 Å². The highest BCUT2D eigenvalue weighted by molar-refractivity contribution is 5.89. The number of nitrogens with one attached hydrogen (secondary N) is 1. The number of hydrogen-bond acceptors (Lipinski definition) is 3. The van der Waals surface area contributed by atoms with Crippen LogP contribution >= 0.6 is 0 Å². The van der Waals surface area contributed by atoms with E-state index in [1.807, 2.05) is 47.5 Å². The number of carbonyl (C=O) groups excluding carboxylic acids is 1. The zero-order valence-electron chi connectivity index (χ0n) is 14.9. The van der Waals surface area contributed by atoms with Crippen molar-refractivity contribution in [2.45, 2.75) is 6.42 Å². The molecule has 0 radical (unpaired) electrons.